The Morgan fingerprint density at radius 1 is 1.48 bits per heavy atom. The highest BCUT2D eigenvalue weighted by atomic mass is 32.2. The molecule has 1 aliphatic heterocycles. The number of nitrogens with two attached hydrogens (primary N) is 1. The van der Waals surface area contributed by atoms with Crippen LogP contribution in [0.3, 0.4) is 0 Å². The van der Waals surface area contributed by atoms with E-state index in [4.69, 9.17) is 5.73 Å². The van der Waals surface area contributed by atoms with Gasteiger partial charge in [0.25, 0.3) is 0 Å². The lowest BCUT2D eigenvalue weighted by atomic mass is 10.2. The Morgan fingerprint density at radius 2 is 2.24 bits per heavy atom. The summed E-state index contributed by atoms with van der Waals surface area (Å²) in [6, 6.07) is 3.55. The molecule has 1 atom stereocenters. The Morgan fingerprint density at radius 3 is 2.81 bits per heavy atom. The van der Waals surface area contributed by atoms with Gasteiger partial charge in [0, 0.05) is 32.4 Å². The summed E-state index contributed by atoms with van der Waals surface area (Å²) < 4.78 is 26.5. The quantitative estimate of drug-likeness (QED) is 0.834. The second kappa shape index (κ2) is 6.83. The van der Waals surface area contributed by atoms with E-state index in [9.17, 15) is 8.42 Å². The summed E-state index contributed by atoms with van der Waals surface area (Å²) in [6.45, 7) is 4.97. The van der Waals surface area contributed by atoms with Crippen molar-refractivity contribution in [2.24, 2.45) is 5.73 Å². The summed E-state index contributed by atoms with van der Waals surface area (Å²) in [4.78, 5) is 6.63. The van der Waals surface area contributed by atoms with Crippen molar-refractivity contribution in [2.45, 2.75) is 37.2 Å². The zero-order valence-corrected chi connectivity index (χ0v) is 13.5. The van der Waals surface area contributed by atoms with E-state index in [1.54, 1.807) is 19.2 Å². The van der Waals surface area contributed by atoms with E-state index in [0.717, 1.165) is 25.9 Å². The Labute approximate surface area is 127 Å². The van der Waals surface area contributed by atoms with Gasteiger partial charge in [0.2, 0.25) is 10.0 Å². The fourth-order valence-electron chi connectivity index (χ4n) is 2.78. The third-order valence-electron chi connectivity index (χ3n) is 4.09. The summed E-state index contributed by atoms with van der Waals surface area (Å²) in [7, 11) is -1.84. The van der Waals surface area contributed by atoms with Crippen LogP contribution in [0.4, 0.5) is 0 Å². The molecule has 1 saturated heterocycles. The largest absolute Gasteiger partial charge is 0.325 e. The van der Waals surface area contributed by atoms with E-state index in [1.807, 2.05) is 0 Å². The molecular formula is C14H24N4O2S. The first-order chi connectivity index (χ1) is 9.98. The number of hydrogen-bond donors (Lipinski definition) is 1. The van der Waals surface area contributed by atoms with Gasteiger partial charge in [0.05, 0.1) is 5.69 Å². The van der Waals surface area contributed by atoms with Crippen molar-refractivity contribution in [3.8, 4) is 0 Å². The fraction of sp³-hybridized carbons (Fsp3) is 0.643. The molecule has 0 radical (unpaired) electrons. The molecule has 0 spiro atoms. The van der Waals surface area contributed by atoms with Crippen molar-refractivity contribution >= 4 is 10.0 Å². The van der Waals surface area contributed by atoms with Crippen LogP contribution in [0.5, 0.6) is 0 Å². The van der Waals surface area contributed by atoms with Gasteiger partial charge in [-0.15, -0.1) is 0 Å². The summed E-state index contributed by atoms with van der Waals surface area (Å²) in [6.07, 6.45) is 3.58. The third-order valence-corrected chi connectivity index (χ3v) is 5.89. The van der Waals surface area contributed by atoms with E-state index >= 15 is 0 Å². The number of pyridine rings is 1. The molecule has 6 nitrogen and oxygen atoms in total. The van der Waals surface area contributed by atoms with Crippen LogP contribution in [0, 0.1) is 0 Å². The van der Waals surface area contributed by atoms with Crippen LogP contribution < -0.4 is 5.73 Å². The van der Waals surface area contributed by atoms with Crippen LogP contribution >= 0.6 is 0 Å². The Balaban J connectivity index is 2.10. The Kier molecular flexibility index (Phi) is 5.32. The molecule has 0 aliphatic carbocycles. The molecule has 1 aliphatic rings. The summed E-state index contributed by atoms with van der Waals surface area (Å²) in [5.41, 5.74) is 6.17. The number of aromatic nitrogens is 1. The Hall–Kier alpha value is -1.02. The summed E-state index contributed by atoms with van der Waals surface area (Å²) in [5, 5.41) is 0. The van der Waals surface area contributed by atoms with Crippen LogP contribution in [0.1, 0.15) is 25.5 Å². The molecule has 2 heterocycles. The number of likely N-dealkylation sites (tertiary alicyclic amines) is 1. The SMILES string of the molecule is CCN1CCCC1CN(C)S(=O)(=O)c1ccc(CN)nc1. The molecule has 2 N–H and O–H groups in total. The minimum absolute atomic E-state index is 0.225. The molecule has 0 amide bonds. The van der Waals surface area contributed by atoms with E-state index in [2.05, 4.69) is 16.8 Å². The minimum atomic E-state index is -3.48. The lowest BCUT2D eigenvalue weighted by Gasteiger charge is -2.27. The molecule has 1 aromatic heterocycles. The van der Waals surface area contributed by atoms with Crippen LogP contribution in [0.2, 0.25) is 0 Å². The van der Waals surface area contributed by atoms with E-state index in [-0.39, 0.29) is 4.90 Å². The maximum Gasteiger partial charge on any atom is 0.244 e. The van der Waals surface area contributed by atoms with Gasteiger partial charge < -0.3 is 5.73 Å². The van der Waals surface area contributed by atoms with Crippen molar-refractivity contribution < 1.29 is 8.42 Å². The van der Waals surface area contributed by atoms with Crippen LogP contribution in [-0.4, -0.2) is 55.3 Å². The van der Waals surface area contributed by atoms with Crippen LogP contribution in [-0.2, 0) is 16.6 Å². The monoisotopic (exact) mass is 312 g/mol. The number of rotatable bonds is 6. The molecule has 1 unspecified atom stereocenters. The second-order valence-corrected chi connectivity index (χ2v) is 7.44. The lowest BCUT2D eigenvalue weighted by molar-refractivity contribution is 0.237. The van der Waals surface area contributed by atoms with Gasteiger partial charge in [0.1, 0.15) is 4.90 Å². The van der Waals surface area contributed by atoms with Gasteiger partial charge in [-0.05, 0) is 38.1 Å². The zero-order valence-electron chi connectivity index (χ0n) is 12.7. The molecule has 1 fully saturated rings. The lowest BCUT2D eigenvalue weighted by Crippen LogP contribution is -2.41. The molecule has 1 aromatic rings. The normalized spacial score (nSPS) is 20.3. The standard InChI is InChI=1S/C14H24N4O2S/c1-3-18-8-4-5-13(18)11-17(2)21(19,20)14-7-6-12(9-15)16-10-14/h6-7,10,13H,3-5,8-9,11,15H2,1-2H3. The predicted octanol–water partition coefficient (Wildman–Crippen LogP) is 0.645. The van der Waals surface area contributed by atoms with Gasteiger partial charge in [0.15, 0.2) is 0 Å². The first-order valence-electron chi connectivity index (χ1n) is 7.34. The highest BCUT2D eigenvalue weighted by molar-refractivity contribution is 7.89. The highest BCUT2D eigenvalue weighted by Gasteiger charge is 2.29. The average Bonchev–Trinajstić information content (AvgIpc) is 2.94. The Bertz CT molecular complexity index is 559. The maximum absolute atomic E-state index is 12.6. The first-order valence-corrected chi connectivity index (χ1v) is 8.78. The summed E-state index contributed by atoms with van der Waals surface area (Å²) in [5.74, 6) is 0. The van der Waals surface area contributed by atoms with Crippen LogP contribution in [0.15, 0.2) is 23.2 Å². The molecule has 0 bridgehead atoms. The fourth-order valence-corrected chi connectivity index (χ4v) is 3.93. The molecule has 7 heteroatoms. The maximum atomic E-state index is 12.6. The predicted molar refractivity (Wildman–Crippen MR) is 82.2 cm³/mol. The first kappa shape index (κ1) is 16.4. The van der Waals surface area contributed by atoms with E-state index in [1.165, 1.54) is 10.5 Å². The smallest absolute Gasteiger partial charge is 0.244 e. The van der Waals surface area contributed by atoms with Crippen molar-refractivity contribution in [1.82, 2.24) is 14.2 Å². The molecular weight excluding hydrogens is 288 g/mol. The van der Waals surface area contributed by atoms with Crippen molar-refractivity contribution in [3.63, 3.8) is 0 Å². The van der Waals surface area contributed by atoms with Gasteiger partial charge in [-0.2, -0.15) is 4.31 Å². The van der Waals surface area contributed by atoms with E-state index < -0.39 is 10.0 Å². The van der Waals surface area contributed by atoms with Gasteiger partial charge in [-0.3, -0.25) is 9.88 Å². The minimum Gasteiger partial charge on any atom is -0.325 e. The summed E-state index contributed by atoms with van der Waals surface area (Å²) >= 11 is 0. The number of sulfonamides is 1. The second-order valence-electron chi connectivity index (χ2n) is 5.40. The number of likely N-dealkylation sites (N-methyl/N-ethyl adjacent to an activating group) is 2. The molecule has 2 rings (SSSR count). The van der Waals surface area contributed by atoms with E-state index in [0.29, 0.717) is 24.8 Å². The topological polar surface area (TPSA) is 79.5 Å². The van der Waals surface area contributed by atoms with Gasteiger partial charge in [-0.25, -0.2) is 8.42 Å². The van der Waals surface area contributed by atoms with Crippen molar-refractivity contribution in [1.29, 1.82) is 0 Å². The van der Waals surface area contributed by atoms with Gasteiger partial charge in [-0.1, -0.05) is 6.92 Å². The molecule has 21 heavy (non-hydrogen) atoms. The molecule has 0 saturated carbocycles. The zero-order chi connectivity index (χ0) is 15.5. The molecule has 118 valence electrons. The number of hydrogen-bond acceptors (Lipinski definition) is 5. The van der Waals surface area contributed by atoms with Gasteiger partial charge >= 0.3 is 0 Å². The molecule has 0 aromatic carbocycles. The third kappa shape index (κ3) is 3.60. The van der Waals surface area contributed by atoms with Crippen molar-refractivity contribution in [2.75, 3.05) is 26.7 Å². The highest BCUT2D eigenvalue weighted by Crippen LogP contribution is 2.20. The number of nitrogens with zero attached hydrogens (tertiary/aromatic N) is 3. The van der Waals surface area contributed by atoms with Crippen LogP contribution in [0.25, 0.3) is 0 Å². The average molecular weight is 312 g/mol. The van der Waals surface area contributed by atoms with Crippen molar-refractivity contribution in [3.05, 3.63) is 24.0 Å².